The fraction of sp³-hybridized carbons (Fsp3) is 0.174. The summed E-state index contributed by atoms with van der Waals surface area (Å²) in [5.74, 6) is 0.737. The Morgan fingerprint density at radius 2 is 1.97 bits per heavy atom. The summed E-state index contributed by atoms with van der Waals surface area (Å²) in [6.45, 7) is 1.08. The van der Waals surface area contributed by atoms with E-state index in [0.717, 1.165) is 0 Å². The molecule has 2 aromatic heterocycles. The monoisotopic (exact) mass is 492 g/mol. The van der Waals surface area contributed by atoms with E-state index in [1.807, 2.05) is 12.1 Å². The summed E-state index contributed by atoms with van der Waals surface area (Å²) < 4.78 is 12.4. The van der Waals surface area contributed by atoms with Crippen molar-refractivity contribution < 1.29 is 14.6 Å². The third kappa shape index (κ3) is 6.36. The highest BCUT2D eigenvalue weighted by atomic mass is 16.5. The first-order chi connectivity index (χ1) is 17.2. The fourth-order valence-electron chi connectivity index (χ4n) is 3.07. The number of nitrogens with zero attached hydrogens (tertiary/aromatic N) is 4. The normalized spacial score (nSPS) is 11.7. The Labute approximate surface area is 207 Å². The van der Waals surface area contributed by atoms with Crippen LogP contribution in [-0.4, -0.2) is 50.4 Å². The van der Waals surface area contributed by atoms with Crippen molar-refractivity contribution in [2.45, 2.75) is 6.92 Å². The largest absolute Gasteiger partial charge is 0.494 e. The smallest absolute Gasteiger partial charge is 0.224 e. The maximum absolute atomic E-state index is 9.13. The third-order valence-corrected chi connectivity index (χ3v) is 4.64. The zero-order valence-corrected chi connectivity index (χ0v) is 20.0. The average Bonchev–Trinajstić information content (AvgIpc) is 3.28. The van der Waals surface area contributed by atoms with Gasteiger partial charge in [-0.2, -0.15) is 5.10 Å². The van der Waals surface area contributed by atoms with E-state index in [2.05, 4.69) is 25.7 Å². The number of methoxy groups -OCH3 is 1. The molecule has 0 aliphatic rings. The molecule has 0 amide bonds. The predicted molar refractivity (Wildman–Crippen MR) is 137 cm³/mol. The number of pyridine rings is 1. The van der Waals surface area contributed by atoms with Gasteiger partial charge < -0.3 is 36.7 Å². The van der Waals surface area contributed by atoms with Crippen LogP contribution in [0.2, 0.25) is 0 Å². The topological polar surface area (TPSA) is 206 Å². The molecule has 13 heteroatoms. The van der Waals surface area contributed by atoms with Crippen LogP contribution in [0, 0.1) is 10.8 Å². The Bertz CT molecular complexity index is 1330. The second kappa shape index (κ2) is 11.5. The van der Waals surface area contributed by atoms with Crippen LogP contribution in [0.1, 0.15) is 12.5 Å². The van der Waals surface area contributed by atoms with Gasteiger partial charge >= 0.3 is 0 Å². The van der Waals surface area contributed by atoms with Crippen LogP contribution in [0.4, 0.5) is 17.2 Å². The number of aliphatic hydroxyl groups excluding tert-OH is 1. The second-order valence-corrected chi connectivity index (χ2v) is 7.54. The van der Waals surface area contributed by atoms with Crippen molar-refractivity contribution in [1.29, 1.82) is 10.8 Å². The molecule has 0 atom stereocenters. The summed E-state index contributed by atoms with van der Waals surface area (Å²) in [6.07, 6.45) is 6.20. The van der Waals surface area contributed by atoms with Crippen molar-refractivity contribution in [3.05, 3.63) is 66.0 Å². The Kier molecular flexibility index (Phi) is 8.20. The number of aliphatic hydroxyl groups is 1. The zero-order valence-electron chi connectivity index (χ0n) is 20.0. The highest BCUT2D eigenvalue weighted by molar-refractivity contribution is 6.04. The van der Waals surface area contributed by atoms with Crippen molar-refractivity contribution in [2.24, 2.45) is 18.5 Å². The van der Waals surface area contributed by atoms with Gasteiger partial charge in [0.15, 0.2) is 11.6 Å². The summed E-state index contributed by atoms with van der Waals surface area (Å²) in [5, 5.41) is 35.5. The van der Waals surface area contributed by atoms with Crippen molar-refractivity contribution in [1.82, 2.24) is 19.7 Å². The lowest BCUT2D eigenvalue weighted by atomic mass is 10.1. The van der Waals surface area contributed by atoms with Crippen LogP contribution in [0.5, 0.6) is 5.75 Å². The minimum Gasteiger partial charge on any atom is -0.494 e. The number of hydrogen-bond acceptors (Lipinski definition) is 12. The van der Waals surface area contributed by atoms with E-state index < -0.39 is 12.5 Å². The summed E-state index contributed by atoms with van der Waals surface area (Å²) in [4.78, 5) is 8.58. The highest BCUT2D eigenvalue weighted by Gasteiger charge is 2.18. The van der Waals surface area contributed by atoms with Gasteiger partial charge in [0.25, 0.3) is 0 Å². The van der Waals surface area contributed by atoms with Gasteiger partial charge in [-0.25, -0.2) is 9.97 Å². The van der Waals surface area contributed by atoms with Gasteiger partial charge in [-0.1, -0.05) is 6.07 Å². The lowest BCUT2D eigenvalue weighted by Crippen LogP contribution is -2.17. The molecular formula is C23H28N10O3. The maximum atomic E-state index is 9.13. The molecule has 0 spiro atoms. The number of ether oxygens (including phenoxy) is 2. The Morgan fingerprint density at radius 1 is 1.19 bits per heavy atom. The van der Waals surface area contributed by atoms with Crippen molar-refractivity contribution in [3.63, 3.8) is 0 Å². The van der Waals surface area contributed by atoms with E-state index in [-0.39, 0.29) is 11.5 Å². The molecule has 13 nitrogen and oxygen atoms in total. The summed E-state index contributed by atoms with van der Waals surface area (Å²) in [5.41, 5.74) is 14.1. The molecular weight excluding hydrogens is 464 g/mol. The summed E-state index contributed by atoms with van der Waals surface area (Å²) in [7, 11) is 3.29. The number of nitrogens with one attached hydrogen (secondary N) is 4. The maximum Gasteiger partial charge on any atom is 0.224 e. The molecule has 0 unspecified atom stereocenters. The van der Waals surface area contributed by atoms with Crippen LogP contribution in [0.15, 0.2) is 60.5 Å². The first-order valence-electron chi connectivity index (χ1n) is 10.6. The van der Waals surface area contributed by atoms with Crippen molar-refractivity contribution >= 4 is 29.0 Å². The molecule has 0 aliphatic carbocycles. The molecule has 188 valence electrons. The van der Waals surface area contributed by atoms with Crippen molar-refractivity contribution in [3.8, 4) is 17.1 Å². The van der Waals surface area contributed by atoms with Gasteiger partial charge in [-0.15, -0.1) is 0 Å². The van der Waals surface area contributed by atoms with E-state index in [0.29, 0.717) is 45.8 Å². The number of rotatable bonds is 9. The first-order valence-corrected chi connectivity index (χ1v) is 10.6. The van der Waals surface area contributed by atoms with E-state index >= 15 is 0 Å². The molecule has 9 N–H and O–H groups in total. The van der Waals surface area contributed by atoms with Gasteiger partial charge in [0, 0.05) is 25.0 Å². The van der Waals surface area contributed by atoms with Gasteiger partial charge in [0.05, 0.1) is 29.6 Å². The quantitative estimate of drug-likeness (QED) is 0.131. The molecule has 2 heterocycles. The van der Waals surface area contributed by atoms with Crippen LogP contribution in [0.3, 0.4) is 0 Å². The van der Waals surface area contributed by atoms with Gasteiger partial charge in [-0.3, -0.25) is 15.5 Å². The predicted octanol–water partition coefficient (Wildman–Crippen LogP) is 2.02. The second-order valence-electron chi connectivity index (χ2n) is 7.54. The van der Waals surface area contributed by atoms with Crippen LogP contribution < -0.4 is 26.8 Å². The molecule has 0 bridgehead atoms. The first kappa shape index (κ1) is 25.7. The molecule has 0 radical (unpaired) electrons. The Hall–Kier alpha value is -4.91. The number of aromatic nitrogens is 4. The van der Waals surface area contributed by atoms with Gasteiger partial charge in [-0.05, 0) is 31.2 Å². The van der Waals surface area contributed by atoms with E-state index in [1.54, 1.807) is 49.3 Å². The third-order valence-electron chi connectivity index (χ3n) is 4.64. The average molecular weight is 493 g/mol. The number of aryl methyl sites for hydroxylation is 1. The minimum atomic E-state index is -0.652. The Morgan fingerprint density at radius 3 is 2.61 bits per heavy atom. The summed E-state index contributed by atoms with van der Waals surface area (Å²) in [6, 6.07) is 7.03. The molecule has 0 fully saturated rings. The number of para-hydroxylation sites is 1. The molecule has 0 saturated carbocycles. The zero-order chi connectivity index (χ0) is 26.2. The number of hydrogen-bond donors (Lipinski definition) is 7. The van der Waals surface area contributed by atoms with E-state index in [4.69, 9.17) is 36.9 Å². The number of benzene rings is 1. The van der Waals surface area contributed by atoms with E-state index in [9.17, 15) is 0 Å². The lowest BCUT2D eigenvalue weighted by molar-refractivity contribution is 0.325. The molecule has 3 aromatic rings. The van der Waals surface area contributed by atoms with Crippen molar-refractivity contribution in [2.75, 3.05) is 24.4 Å². The van der Waals surface area contributed by atoms with Gasteiger partial charge in [0.2, 0.25) is 11.8 Å². The molecule has 0 aliphatic heterocycles. The molecule has 0 saturated heterocycles. The van der Waals surface area contributed by atoms with Crippen LogP contribution in [-0.2, 0) is 11.8 Å². The van der Waals surface area contributed by atoms with Crippen LogP contribution >= 0.6 is 0 Å². The van der Waals surface area contributed by atoms with Crippen LogP contribution in [0.25, 0.3) is 11.4 Å². The highest BCUT2D eigenvalue weighted by Crippen LogP contribution is 2.37. The van der Waals surface area contributed by atoms with Gasteiger partial charge in [0.1, 0.15) is 24.6 Å². The standard InChI is InChI=1S/C23H28N10O3/c1-13(24)7-8-18(25)31-20-9-17(15(10-28-20)22(27)36-19(26)11-34)30-16-6-4-5-14(21(16)35-3)23-29-12-33(2)32-23/h4-10,12,26-27,34H,11,24-25H2,1-3H3,(H2,28,30,31)/b13-7-,18-8+,26-19?,27-22?. The number of allylic oxidation sites excluding steroid dienone is 3. The van der Waals surface area contributed by atoms with E-state index in [1.165, 1.54) is 13.3 Å². The minimum absolute atomic E-state index is 0.224. The SMILES string of the molecule is COc1c(Nc2cc(N/C(N)=C/C=C(/C)N)ncc2C(=N)OC(=N)CO)cccc1-c1ncn(C)n1. The Balaban J connectivity index is 2.04. The molecule has 36 heavy (non-hydrogen) atoms. The lowest BCUT2D eigenvalue weighted by Gasteiger charge is -2.18. The summed E-state index contributed by atoms with van der Waals surface area (Å²) >= 11 is 0. The number of anilines is 3. The molecule has 1 aromatic carbocycles. The molecule has 3 rings (SSSR count). The fourth-order valence-corrected chi connectivity index (χ4v) is 3.07. The number of nitrogens with two attached hydrogens (primary N) is 2.